The van der Waals surface area contributed by atoms with Gasteiger partial charge in [0.05, 0.1) is 6.42 Å². The quantitative estimate of drug-likeness (QED) is 0.547. The lowest BCUT2D eigenvalue weighted by atomic mass is 9.95. The summed E-state index contributed by atoms with van der Waals surface area (Å²) in [7, 11) is 2.15. The molecule has 1 heterocycles. The molecule has 0 N–H and O–H groups in total. The summed E-state index contributed by atoms with van der Waals surface area (Å²) >= 11 is 0. The number of benzene rings is 1. The van der Waals surface area contributed by atoms with E-state index >= 15 is 0 Å². The first-order valence-electron chi connectivity index (χ1n) is 6.79. The molecule has 0 radical (unpaired) electrons. The standard InChI is InChI=1S/C16H24NO.HI/c1-13-12-16(2,3)17(4)15(18-13)11-10-14-8-6-5-7-9-14;/h5-9,13H,10-12H2,1-4H3;1H/q+1;/p-1. The summed E-state index contributed by atoms with van der Waals surface area (Å²) < 4.78 is 8.30. The van der Waals surface area contributed by atoms with Gasteiger partial charge in [-0.15, -0.1) is 0 Å². The number of ether oxygens (including phenoxy) is 1. The molecule has 1 aromatic carbocycles. The van der Waals surface area contributed by atoms with Gasteiger partial charge in [0.1, 0.15) is 13.2 Å². The molecule has 0 saturated heterocycles. The topological polar surface area (TPSA) is 12.2 Å². The first-order valence-corrected chi connectivity index (χ1v) is 6.79. The molecule has 0 spiro atoms. The smallest absolute Gasteiger partial charge is 0.337 e. The number of hydrogen-bond acceptors (Lipinski definition) is 1. The summed E-state index contributed by atoms with van der Waals surface area (Å²) in [5.41, 5.74) is 1.57. The maximum absolute atomic E-state index is 6.00. The van der Waals surface area contributed by atoms with E-state index in [1.165, 1.54) is 5.56 Å². The van der Waals surface area contributed by atoms with Crippen LogP contribution in [0.4, 0.5) is 0 Å². The fraction of sp³-hybridized carbons (Fsp3) is 0.562. The predicted octanol–water partition coefficient (Wildman–Crippen LogP) is 0.251. The molecular formula is C16H24INO. The van der Waals surface area contributed by atoms with Gasteiger partial charge in [0.2, 0.25) is 0 Å². The summed E-state index contributed by atoms with van der Waals surface area (Å²) in [5, 5.41) is 0. The van der Waals surface area contributed by atoms with E-state index in [9.17, 15) is 0 Å². The van der Waals surface area contributed by atoms with Crippen molar-refractivity contribution in [3.05, 3.63) is 35.9 Å². The second-order valence-electron chi connectivity index (χ2n) is 5.88. The Morgan fingerprint density at radius 3 is 2.47 bits per heavy atom. The lowest BCUT2D eigenvalue weighted by Crippen LogP contribution is -3.00. The van der Waals surface area contributed by atoms with Crippen LogP contribution in [0.15, 0.2) is 30.3 Å². The van der Waals surface area contributed by atoms with Crippen LogP contribution < -0.4 is 24.0 Å². The highest BCUT2D eigenvalue weighted by Gasteiger charge is 2.38. The Balaban J connectivity index is 0.00000180. The molecule has 2 rings (SSSR count). The second-order valence-corrected chi connectivity index (χ2v) is 5.88. The van der Waals surface area contributed by atoms with Gasteiger partial charge in [-0.3, -0.25) is 0 Å². The van der Waals surface area contributed by atoms with Crippen LogP contribution >= 0.6 is 0 Å². The minimum atomic E-state index is 0. The van der Waals surface area contributed by atoms with Crippen molar-refractivity contribution in [2.75, 3.05) is 7.05 Å². The van der Waals surface area contributed by atoms with Crippen molar-refractivity contribution in [1.29, 1.82) is 0 Å². The van der Waals surface area contributed by atoms with Crippen LogP contribution in [0.3, 0.4) is 0 Å². The molecule has 1 unspecified atom stereocenters. The summed E-state index contributed by atoms with van der Waals surface area (Å²) in [4.78, 5) is 0. The molecule has 2 nitrogen and oxygen atoms in total. The molecule has 0 aromatic heterocycles. The minimum absolute atomic E-state index is 0. The van der Waals surface area contributed by atoms with E-state index in [-0.39, 0.29) is 29.5 Å². The van der Waals surface area contributed by atoms with Gasteiger partial charge in [0, 0.05) is 20.3 Å². The molecule has 3 heteroatoms. The van der Waals surface area contributed by atoms with Crippen molar-refractivity contribution in [3.63, 3.8) is 0 Å². The number of hydrogen-bond donors (Lipinski definition) is 0. The Labute approximate surface area is 133 Å². The van der Waals surface area contributed by atoms with Crippen molar-refractivity contribution in [1.82, 2.24) is 0 Å². The van der Waals surface area contributed by atoms with Gasteiger partial charge in [-0.25, -0.2) is 4.58 Å². The van der Waals surface area contributed by atoms with Crippen molar-refractivity contribution in [3.8, 4) is 0 Å². The Kier molecular flexibility index (Phi) is 5.83. The Morgan fingerprint density at radius 2 is 1.84 bits per heavy atom. The third-order valence-corrected chi connectivity index (χ3v) is 3.88. The molecule has 19 heavy (non-hydrogen) atoms. The first-order chi connectivity index (χ1) is 8.49. The SMILES string of the molecule is CC1CC(C)(C)[N+](C)=C(CCc2ccccc2)O1.[I-]. The summed E-state index contributed by atoms with van der Waals surface area (Å²) in [6.45, 7) is 6.74. The normalized spacial score (nSPS) is 21.6. The van der Waals surface area contributed by atoms with Gasteiger partial charge < -0.3 is 28.7 Å². The zero-order valence-corrected chi connectivity index (χ0v) is 14.5. The maximum atomic E-state index is 6.00. The zero-order valence-electron chi connectivity index (χ0n) is 12.3. The van der Waals surface area contributed by atoms with Crippen LogP contribution in [0.25, 0.3) is 0 Å². The van der Waals surface area contributed by atoms with Crippen molar-refractivity contribution in [2.24, 2.45) is 0 Å². The van der Waals surface area contributed by atoms with Gasteiger partial charge in [0.25, 0.3) is 0 Å². The van der Waals surface area contributed by atoms with Crippen LogP contribution in [0.1, 0.15) is 39.2 Å². The van der Waals surface area contributed by atoms with Gasteiger partial charge in [-0.1, -0.05) is 30.3 Å². The number of nitrogens with zero attached hydrogens (tertiary/aromatic N) is 1. The Bertz CT molecular complexity index is 439. The van der Waals surface area contributed by atoms with Crippen LogP contribution in [-0.2, 0) is 11.2 Å². The molecule has 0 saturated carbocycles. The lowest BCUT2D eigenvalue weighted by Gasteiger charge is -2.31. The van der Waals surface area contributed by atoms with Gasteiger partial charge in [-0.2, -0.15) is 0 Å². The number of halogens is 1. The fourth-order valence-electron chi connectivity index (χ4n) is 2.65. The average Bonchev–Trinajstić information content (AvgIpc) is 2.33. The molecule has 106 valence electrons. The van der Waals surface area contributed by atoms with E-state index in [1.54, 1.807) is 0 Å². The molecule has 1 aromatic rings. The van der Waals surface area contributed by atoms with Crippen LogP contribution in [0.5, 0.6) is 0 Å². The second kappa shape index (κ2) is 6.73. The van der Waals surface area contributed by atoms with E-state index < -0.39 is 0 Å². The van der Waals surface area contributed by atoms with E-state index in [4.69, 9.17) is 4.74 Å². The highest BCUT2D eigenvalue weighted by molar-refractivity contribution is 5.72. The van der Waals surface area contributed by atoms with Gasteiger partial charge >= 0.3 is 5.90 Å². The third kappa shape index (κ3) is 4.20. The van der Waals surface area contributed by atoms with Crippen molar-refractivity contribution in [2.45, 2.75) is 51.7 Å². The van der Waals surface area contributed by atoms with E-state index in [0.29, 0.717) is 6.10 Å². The molecule has 0 fully saturated rings. The monoisotopic (exact) mass is 373 g/mol. The lowest BCUT2D eigenvalue weighted by molar-refractivity contribution is -0.595. The average molecular weight is 373 g/mol. The maximum Gasteiger partial charge on any atom is 0.337 e. The minimum Gasteiger partial charge on any atom is -1.00 e. The highest BCUT2D eigenvalue weighted by atomic mass is 127. The predicted molar refractivity (Wildman–Crippen MR) is 75.2 cm³/mol. The number of rotatable bonds is 3. The van der Waals surface area contributed by atoms with Crippen LogP contribution in [0, 0.1) is 0 Å². The van der Waals surface area contributed by atoms with Gasteiger partial charge in [0.15, 0.2) is 5.54 Å². The van der Waals surface area contributed by atoms with Crippen LogP contribution in [0.2, 0.25) is 0 Å². The molecule has 0 aliphatic carbocycles. The molecule has 1 aliphatic rings. The molecule has 1 aliphatic heterocycles. The molecular weight excluding hydrogens is 349 g/mol. The molecule has 0 amide bonds. The molecule has 1 atom stereocenters. The van der Waals surface area contributed by atoms with E-state index in [1.807, 2.05) is 0 Å². The largest absolute Gasteiger partial charge is 1.00 e. The highest BCUT2D eigenvalue weighted by Crippen LogP contribution is 2.23. The first kappa shape index (κ1) is 16.5. The summed E-state index contributed by atoms with van der Waals surface area (Å²) in [6.07, 6.45) is 3.43. The third-order valence-electron chi connectivity index (χ3n) is 3.88. The van der Waals surface area contributed by atoms with Crippen molar-refractivity contribution < 1.29 is 33.3 Å². The fourth-order valence-corrected chi connectivity index (χ4v) is 2.65. The van der Waals surface area contributed by atoms with Crippen LogP contribution in [-0.4, -0.2) is 29.2 Å². The van der Waals surface area contributed by atoms with E-state index in [0.717, 1.165) is 25.2 Å². The summed E-state index contributed by atoms with van der Waals surface area (Å²) in [5.74, 6) is 1.13. The Hall–Kier alpha value is -0.580. The van der Waals surface area contributed by atoms with E-state index in [2.05, 4.69) is 62.7 Å². The Morgan fingerprint density at radius 1 is 1.21 bits per heavy atom. The zero-order chi connectivity index (χ0) is 13.2. The summed E-state index contributed by atoms with van der Waals surface area (Å²) in [6, 6.07) is 10.6. The molecule has 0 bridgehead atoms. The number of aryl methyl sites for hydroxylation is 1. The van der Waals surface area contributed by atoms with Crippen molar-refractivity contribution >= 4 is 5.90 Å². The van der Waals surface area contributed by atoms with Gasteiger partial charge in [-0.05, 0) is 18.9 Å².